The van der Waals surface area contributed by atoms with Gasteiger partial charge < -0.3 is 9.64 Å². The molecule has 1 fully saturated rings. The molecule has 1 aromatic rings. The maximum atomic E-state index is 11.5. The summed E-state index contributed by atoms with van der Waals surface area (Å²) >= 11 is 3.35. The van der Waals surface area contributed by atoms with Crippen LogP contribution in [0.5, 0.6) is 0 Å². The predicted octanol–water partition coefficient (Wildman–Crippen LogP) is 2.32. The van der Waals surface area contributed by atoms with Crippen molar-refractivity contribution in [3.8, 4) is 6.07 Å². The van der Waals surface area contributed by atoms with E-state index < -0.39 is 0 Å². The van der Waals surface area contributed by atoms with E-state index in [2.05, 4.69) is 26.9 Å². The van der Waals surface area contributed by atoms with E-state index in [9.17, 15) is 4.79 Å². The van der Waals surface area contributed by atoms with Gasteiger partial charge in [0.2, 0.25) is 0 Å². The Bertz CT molecular complexity index is 510. The van der Waals surface area contributed by atoms with Gasteiger partial charge in [-0.2, -0.15) is 5.26 Å². The van der Waals surface area contributed by atoms with Gasteiger partial charge in [0.25, 0.3) is 0 Å². The number of nitriles is 1. The van der Waals surface area contributed by atoms with E-state index in [-0.39, 0.29) is 11.9 Å². The molecule has 0 spiro atoms. The summed E-state index contributed by atoms with van der Waals surface area (Å²) in [5.41, 5.74) is 1.50. The van der Waals surface area contributed by atoms with Crippen LogP contribution in [0.1, 0.15) is 12.0 Å². The van der Waals surface area contributed by atoms with E-state index in [0.29, 0.717) is 12.1 Å². The number of benzene rings is 1. The number of ether oxygens (including phenoxy) is 1. The van der Waals surface area contributed by atoms with Crippen LogP contribution in [0.2, 0.25) is 0 Å². The molecule has 0 aliphatic carbocycles. The van der Waals surface area contributed by atoms with Gasteiger partial charge in [-0.05, 0) is 24.6 Å². The normalized spacial score (nSPS) is 18.5. The van der Waals surface area contributed by atoms with Crippen molar-refractivity contribution in [3.63, 3.8) is 0 Å². The first kappa shape index (κ1) is 12.9. The zero-order valence-electron chi connectivity index (χ0n) is 10.0. The maximum Gasteiger partial charge on any atom is 0.310 e. The lowest BCUT2D eigenvalue weighted by Crippen LogP contribution is -2.24. The number of esters is 1. The Kier molecular flexibility index (Phi) is 3.87. The van der Waals surface area contributed by atoms with Crippen molar-refractivity contribution in [2.45, 2.75) is 6.42 Å². The van der Waals surface area contributed by atoms with Crippen molar-refractivity contribution in [2.24, 2.45) is 5.92 Å². The second kappa shape index (κ2) is 5.40. The van der Waals surface area contributed by atoms with Crippen molar-refractivity contribution in [3.05, 3.63) is 28.2 Å². The van der Waals surface area contributed by atoms with Crippen LogP contribution in [0.4, 0.5) is 5.69 Å². The first-order valence-corrected chi connectivity index (χ1v) is 6.47. The minimum Gasteiger partial charge on any atom is -0.469 e. The molecule has 94 valence electrons. The van der Waals surface area contributed by atoms with E-state index >= 15 is 0 Å². The Balaban J connectivity index is 2.20. The molecular formula is C13H13BrN2O2. The van der Waals surface area contributed by atoms with Crippen LogP contribution in [0.3, 0.4) is 0 Å². The Morgan fingerprint density at radius 3 is 3.06 bits per heavy atom. The molecule has 0 saturated carbocycles. The summed E-state index contributed by atoms with van der Waals surface area (Å²) in [6, 6.07) is 7.79. The monoisotopic (exact) mass is 308 g/mol. The number of nitrogens with zero attached hydrogens (tertiary/aromatic N) is 2. The Hall–Kier alpha value is -1.54. The highest BCUT2D eigenvalue weighted by Crippen LogP contribution is 2.29. The smallest absolute Gasteiger partial charge is 0.310 e. The topological polar surface area (TPSA) is 53.3 Å². The molecule has 1 unspecified atom stereocenters. The van der Waals surface area contributed by atoms with Crippen molar-refractivity contribution >= 4 is 27.6 Å². The fraction of sp³-hybridized carbons (Fsp3) is 0.385. The van der Waals surface area contributed by atoms with Gasteiger partial charge in [0, 0.05) is 17.6 Å². The molecule has 1 aliphatic rings. The average Bonchev–Trinajstić information content (AvgIpc) is 2.87. The highest BCUT2D eigenvalue weighted by Gasteiger charge is 2.30. The summed E-state index contributed by atoms with van der Waals surface area (Å²) in [6.07, 6.45) is 0.771. The molecule has 1 aliphatic heterocycles. The molecule has 1 saturated heterocycles. The lowest BCUT2D eigenvalue weighted by Gasteiger charge is -2.19. The van der Waals surface area contributed by atoms with Gasteiger partial charge in [0.15, 0.2) is 0 Å². The third-order valence-electron chi connectivity index (χ3n) is 3.14. The van der Waals surface area contributed by atoms with Gasteiger partial charge in [-0.15, -0.1) is 0 Å². The van der Waals surface area contributed by atoms with Crippen LogP contribution in [0, 0.1) is 17.2 Å². The van der Waals surface area contributed by atoms with Crippen molar-refractivity contribution in [1.82, 2.24) is 0 Å². The quantitative estimate of drug-likeness (QED) is 0.787. The van der Waals surface area contributed by atoms with E-state index in [4.69, 9.17) is 10.00 Å². The van der Waals surface area contributed by atoms with Crippen molar-refractivity contribution < 1.29 is 9.53 Å². The summed E-state index contributed by atoms with van der Waals surface area (Å²) in [5, 5.41) is 9.14. The summed E-state index contributed by atoms with van der Waals surface area (Å²) in [6.45, 7) is 1.39. The van der Waals surface area contributed by atoms with E-state index in [1.807, 2.05) is 12.1 Å². The van der Waals surface area contributed by atoms with Gasteiger partial charge >= 0.3 is 5.97 Å². The Labute approximate surface area is 114 Å². The van der Waals surface area contributed by atoms with Crippen molar-refractivity contribution in [1.29, 1.82) is 5.26 Å². The molecular weight excluding hydrogens is 296 g/mol. The van der Waals surface area contributed by atoms with Crippen LogP contribution >= 0.6 is 15.9 Å². The minimum atomic E-state index is -0.173. The summed E-state index contributed by atoms with van der Waals surface area (Å²) < 4.78 is 5.64. The Morgan fingerprint density at radius 2 is 2.39 bits per heavy atom. The van der Waals surface area contributed by atoms with Crippen LogP contribution < -0.4 is 4.90 Å². The number of carbonyl (C=O) groups excluding carboxylic acids is 1. The zero-order valence-corrected chi connectivity index (χ0v) is 11.6. The number of rotatable bonds is 2. The standard InChI is InChI=1S/C13H13BrN2O2/c1-18-13(17)9-4-5-16(8-9)12-3-2-11(14)6-10(12)7-15/h2-3,6,9H,4-5,8H2,1H3. The second-order valence-electron chi connectivity index (χ2n) is 4.23. The SMILES string of the molecule is COC(=O)C1CCN(c2ccc(Br)cc2C#N)C1. The van der Waals surface area contributed by atoms with E-state index in [1.165, 1.54) is 7.11 Å². The van der Waals surface area contributed by atoms with Gasteiger partial charge in [-0.1, -0.05) is 15.9 Å². The third kappa shape index (κ3) is 2.49. The molecule has 0 radical (unpaired) electrons. The molecule has 0 bridgehead atoms. The molecule has 1 heterocycles. The molecule has 2 rings (SSSR count). The summed E-state index contributed by atoms with van der Waals surface area (Å²) in [4.78, 5) is 13.5. The zero-order chi connectivity index (χ0) is 13.1. The highest BCUT2D eigenvalue weighted by atomic mass is 79.9. The fourth-order valence-corrected chi connectivity index (χ4v) is 2.57. The van der Waals surface area contributed by atoms with Gasteiger partial charge in [0.1, 0.15) is 6.07 Å². The summed E-state index contributed by atoms with van der Waals surface area (Å²) in [7, 11) is 1.41. The molecule has 0 N–H and O–H groups in total. The first-order valence-electron chi connectivity index (χ1n) is 5.68. The minimum absolute atomic E-state index is 0.0924. The van der Waals surface area contributed by atoms with Crippen molar-refractivity contribution in [2.75, 3.05) is 25.1 Å². The fourth-order valence-electron chi connectivity index (χ4n) is 2.21. The third-order valence-corrected chi connectivity index (χ3v) is 3.64. The molecule has 18 heavy (non-hydrogen) atoms. The van der Waals surface area contributed by atoms with Crippen LogP contribution in [-0.2, 0) is 9.53 Å². The first-order chi connectivity index (χ1) is 8.65. The number of methoxy groups -OCH3 is 1. The van der Waals surface area contributed by atoms with Crippen LogP contribution in [0.25, 0.3) is 0 Å². The maximum absolute atomic E-state index is 11.5. The van der Waals surface area contributed by atoms with E-state index in [1.54, 1.807) is 6.07 Å². The van der Waals surface area contributed by atoms with E-state index in [0.717, 1.165) is 23.1 Å². The summed E-state index contributed by atoms with van der Waals surface area (Å²) in [5.74, 6) is -0.265. The molecule has 1 aromatic carbocycles. The number of halogens is 1. The number of hydrogen-bond donors (Lipinski definition) is 0. The molecule has 4 nitrogen and oxygen atoms in total. The largest absolute Gasteiger partial charge is 0.469 e. The van der Waals surface area contributed by atoms with Crippen LogP contribution in [0.15, 0.2) is 22.7 Å². The Morgan fingerprint density at radius 1 is 1.61 bits per heavy atom. The van der Waals surface area contributed by atoms with Gasteiger partial charge in [-0.25, -0.2) is 0 Å². The lowest BCUT2D eigenvalue weighted by atomic mass is 10.1. The lowest BCUT2D eigenvalue weighted by molar-refractivity contribution is -0.144. The number of hydrogen-bond acceptors (Lipinski definition) is 4. The highest BCUT2D eigenvalue weighted by molar-refractivity contribution is 9.10. The second-order valence-corrected chi connectivity index (χ2v) is 5.14. The molecule has 0 aromatic heterocycles. The molecule has 1 atom stereocenters. The predicted molar refractivity (Wildman–Crippen MR) is 71.2 cm³/mol. The van der Waals surface area contributed by atoms with Crippen LogP contribution in [-0.4, -0.2) is 26.2 Å². The number of carbonyl (C=O) groups is 1. The molecule has 0 amide bonds. The molecule has 5 heteroatoms. The number of anilines is 1. The van der Waals surface area contributed by atoms with Gasteiger partial charge in [-0.3, -0.25) is 4.79 Å². The average molecular weight is 309 g/mol. The van der Waals surface area contributed by atoms with Gasteiger partial charge in [0.05, 0.1) is 24.3 Å².